The summed E-state index contributed by atoms with van der Waals surface area (Å²) < 4.78 is 7.49. The van der Waals surface area contributed by atoms with Crippen LogP contribution in [0.3, 0.4) is 0 Å². The van der Waals surface area contributed by atoms with Crippen molar-refractivity contribution >= 4 is 27.7 Å². The molecule has 0 saturated heterocycles. The van der Waals surface area contributed by atoms with Gasteiger partial charge in [-0.3, -0.25) is 4.79 Å². The third-order valence-electron chi connectivity index (χ3n) is 3.52. The molecule has 0 aliphatic heterocycles. The lowest BCUT2D eigenvalue weighted by Crippen LogP contribution is -2.29. The van der Waals surface area contributed by atoms with Gasteiger partial charge in [0, 0.05) is 30.0 Å². The summed E-state index contributed by atoms with van der Waals surface area (Å²) in [5, 5.41) is 18.2. The lowest BCUT2D eigenvalue weighted by Gasteiger charge is -2.09. The number of benzene rings is 1. The Balaban J connectivity index is 1.49. The lowest BCUT2D eigenvalue weighted by atomic mass is 10.2. The van der Waals surface area contributed by atoms with Crippen molar-refractivity contribution in [3.05, 3.63) is 58.8 Å². The Hall–Kier alpha value is -2.94. The molecule has 0 aliphatic rings. The van der Waals surface area contributed by atoms with Gasteiger partial charge in [0.2, 0.25) is 0 Å². The first kappa shape index (κ1) is 17.9. The molecule has 0 unspecified atom stereocenters. The molecule has 3 rings (SSSR count). The van der Waals surface area contributed by atoms with Crippen molar-refractivity contribution in [3.8, 4) is 11.6 Å². The van der Waals surface area contributed by atoms with E-state index in [1.807, 2.05) is 18.2 Å². The van der Waals surface area contributed by atoms with Crippen LogP contribution in [0, 0.1) is 0 Å². The average Bonchev–Trinajstić information content (AvgIpc) is 3.21. The molecule has 9 heteroatoms. The molecule has 0 saturated carbocycles. The molecular formula is C17H17BrN6O2. The molecule has 0 aliphatic carbocycles. The summed E-state index contributed by atoms with van der Waals surface area (Å²) in [6, 6.07) is 10.7. The summed E-state index contributed by atoms with van der Waals surface area (Å²) in [6.45, 7) is 0.953. The summed E-state index contributed by atoms with van der Waals surface area (Å²) >= 11 is 3.37. The van der Waals surface area contributed by atoms with Crippen molar-refractivity contribution in [1.82, 2.24) is 25.3 Å². The maximum absolute atomic E-state index is 12.3. The highest BCUT2D eigenvalue weighted by atomic mass is 79.9. The zero-order valence-corrected chi connectivity index (χ0v) is 15.6. The second-order valence-electron chi connectivity index (χ2n) is 5.26. The fraction of sp³-hybridized carbons (Fsp3) is 0.176. The molecule has 0 spiro atoms. The van der Waals surface area contributed by atoms with Crippen LogP contribution in [0.4, 0.5) is 5.82 Å². The van der Waals surface area contributed by atoms with Gasteiger partial charge in [-0.25, -0.2) is 4.68 Å². The van der Waals surface area contributed by atoms with Gasteiger partial charge in [-0.15, -0.1) is 10.2 Å². The minimum Gasteiger partial charge on any atom is -0.497 e. The van der Waals surface area contributed by atoms with E-state index in [9.17, 15) is 4.79 Å². The van der Waals surface area contributed by atoms with Gasteiger partial charge in [-0.05, 0) is 52.3 Å². The Morgan fingerprint density at radius 3 is 2.81 bits per heavy atom. The second-order valence-corrected chi connectivity index (χ2v) is 6.11. The first-order valence-corrected chi connectivity index (χ1v) is 8.66. The number of nitrogens with zero attached hydrogens (tertiary/aromatic N) is 4. The summed E-state index contributed by atoms with van der Waals surface area (Å²) in [7, 11) is 1.56. The van der Waals surface area contributed by atoms with Crippen LogP contribution in [0.25, 0.3) is 5.82 Å². The van der Waals surface area contributed by atoms with Crippen molar-refractivity contribution in [2.45, 2.75) is 0 Å². The fourth-order valence-electron chi connectivity index (χ4n) is 2.21. The lowest BCUT2D eigenvalue weighted by molar-refractivity contribution is 0.0954. The highest BCUT2D eigenvalue weighted by Gasteiger charge is 2.10. The van der Waals surface area contributed by atoms with E-state index >= 15 is 0 Å². The number of nitrogens with one attached hydrogen (secondary N) is 2. The van der Waals surface area contributed by atoms with Gasteiger partial charge in [-0.1, -0.05) is 0 Å². The molecule has 0 radical (unpaired) electrons. The SMILES string of the molecule is COc1ccc(Br)c(C(=O)NCCNc2ccc(-n3cccn3)nn2)c1. The number of carbonyl (C=O) groups excluding carboxylic acids is 1. The smallest absolute Gasteiger partial charge is 0.252 e. The zero-order valence-electron chi connectivity index (χ0n) is 14.0. The Bertz CT molecular complexity index is 867. The molecule has 26 heavy (non-hydrogen) atoms. The van der Waals surface area contributed by atoms with Crippen LogP contribution >= 0.6 is 15.9 Å². The van der Waals surface area contributed by atoms with Crippen molar-refractivity contribution < 1.29 is 9.53 Å². The van der Waals surface area contributed by atoms with E-state index in [0.717, 1.165) is 0 Å². The quantitative estimate of drug-likeness (QED) is 0.573. The molecule has 0 bridgehead atoms. The zero-order chi connectivity index (χ0) is 18.4. The molecule has 0 atom stereocenters. The minimum atomic E-state index is -0.183. The number of hydrogen-bond acceptors (Lipinski definition) is 6. The van der Waals surface area contributed by atoms with Gasteiger partial charge >= 0.3 is 0 Å². The van der Waals surface area contributed by atoms with E-state index in [-0.39, 0.29) is 5.91 Å². The molecule has 2 N–H and O–H groups in total. The first-order valence-electron chi connectivity index (χ1n) is 7.87. The van der Waals surface area contributed by atoms with Crippen LogP contribution in [0.5, 0.6) is 5.75 Å². The summed E-state index contributed by atoms with van der Waals surface area (Å²) in [5.41, 5.74) is 0.521. The van der Waals surface area contributed by atoms with Gasteiger partial charge in [0.1, 0.15) is 11.6 Å². The average molecular weight is 417 g/mol. The molecule has 2 heterocycles. The Morgan fingerprint density at radius 1 is 1.23 bits per heavy atom. The Labute approximate surface area is 158 Å². The third-order valence-corrected chi connectivity index (χ3v) is 4.22. The fourth-order valence-corrected chi connectivity index (χ4v) is 2.64. The van der Waals surface area contributed by atoms with E-state index in [2.05, 4.69) is 41.9 Å². The molecular weight excluding hydrogens is 400 g/mol. The maximum atomic E-state index is 12.3. The summed E-state index contributed by atoms with van der Waals surface area (Å²) in [5.74, 6) is 1.70. The highest BCUT2D eigenvalue weighted by Crippen LogP contribution is 2.22. The van der Waals surface area contributed by atoms with Crippen LogP contribution < -0.4 is 15.4 Å². The van der Waals surface area contributed by atoms with E-state index < -0.39 is 0 Å². The van der Waals surface area contributed by atoms with Gasteiger partial charge in [0.15, 0.2) is 5.82 Å². The van der Waals surface area contributed by atoms with E-state index in [0.29, 0.717) is 40.5 Å². The predicted octanol–water partition coefficient (Wildman–Crippen LogP) is 2.28. The topological polar surface area (TPSA) is 94.0 Å². The monoisotopic (exact) mass is 416 g/mol. The summed E-state index contributed by atoms with van der Waals surface area (Å²) in [6.07, 6.45) is 3.47. The van der Waals surface area contributed by atoms with Crippen LogP contribution in [-0.4, -0.2) is 46.1 Å². The van der Waals surface area contributed by atoms with Crippen molar-refractivity contribution in [3.63, 3.8) is 0 Å². The number of carbonyl (C=O) groups is 1. The molecule has 2 aromatic heterocycles. The molecule has 3 aromatic rings. The molecule has 1 aromatic carbocycles. The molecule has 134 valence electrons. The largest absolute Gasteiger partial charge is 0.497 e. The summed E-state index contributed by atoms with van der Waals surface area (Å²) in [4.78, 5) is 12.3. The van der Waals surface area contributed by atoms with Crippen molar-refractivity contribution in [2.75, 3.05) is 25.5 Å². The third kappa shape index (κ3) is 4.37. The molecule has 8 nitrogen and oxygen atoms in total. The van der Waals surface area contributed by atoms with Crippen LogP contribution in [0.2, 0.25) is 0 Å². The number of hydrogen-bond donors (Lipinski definition) is 2. The normalized spacial score (nSPS) is 10.4. The van der Waals surface area contributed by atoms with E-state index in [4.69, 9.17) is 4.74 Å². The number of anilines is 1. The Kier molecular flexibility index (Phi) is 5.80. The van der Waals surface area contributed by atoms with Gasteiger partial charge < -0.3 is 15.4 Å². The van der Waals surface area contributed by atoms with E-state index in [1.165, 1.54) is 0 Å². The molecule has 1 amide bonds. The van der Waals surface area contributed by atoms with Gasteiger partial charge in [-0.2, -0.15) is 5.10 Å². The number of halogens is 1. The second kappa shape index (κ2) is 8.43. The standard InChI is InChI=1S/C17H17BrN6O2/c1-26-12-3-4-14(18)13(11-12)17(25)20-9-8-19-15-5-6-16(23-22-15)24-10-2-7-21-24/h2-7,10-11H,8-9H2,1H3,(H,19,22)(H,20,25). The minimum absolute atomic E-state index is 0.183. The Morgan fingerprint density at radius 2 is 2.12 bits per heavy atom. The number of amides is 1. The van der Waals surface area contributed by atoms with Gasteiger partial charge in [0.05, 0.1) is 12.7 Å². The van der Waals surface area contributed by atoms with Crippen LogP contribution in [-0.2, 0) is 0 Å². The highest BCUT2D eigenvalue weighted by molar-refractivity contribution is 9.10. The number of aromatic nitrogens is 4. The molecule has 0 fully saturated rings. The van der Waals surface area contributed by atoms with Crippen molar-refractivity contribution in [2.24, 2.45) is 0 Å². The predicted molar refractivity (Wildman–Crippen MR) is 101 cm³/mol. The van der Waals surface area contributed by atoms with Gasteiger partial charge in [0.25, 0.3) is 5.91 Å². The van der Waals surface area contributed by atoms with Crippen molar-refractivity contribution in [1.29, 1.82) is 0 Å². The number of rotatable bonds is 7. The van der Waals surface area contributed by atoms with Crippen LogP contribution in [0.15, 0.2) is 53.3 Å². The first-order chi connectivity index (χ1) is 12.7. The maximum Gasteiger partial charge on any atom is 0.252 e. The van der Waals surface area contributed by atoms with Crippen LogP contribution in [0.1, 0.15) is 10.4 Å². The number of methoxy groups -OCH3 is 1. The number of ether oxygens (including phenoxy) is 1. The van der Waals surface area contributed by atoms with E-state index in [1.54, 1.807) is 42.4 Å².